The number of aliphatic carboxylic acids is 1. The first-order valence-electron chi connectivity index (χ1n) is 8.37. The molecule has 0 radical (unpaired) electrons. The summed E-state index contributed by atoms with van der Waals surface area (Å²) in [6.45, 7) is -0.0789. The van der Waals surface area contributed by atoms with Crippen molar-refractivity contribution in [2.24, 2.45) is 5.92 Å². The fraction of sp³-hybridized carbons (Fsp3) is 0.368. The molecule has 0 bridgehead atoms. The highest BCUT2D eigenvalue weighted by Gasteiger charge is 2.26. The highest BCUT2D eigenvalue weighted by molar-refractivity contribution is 6.35. The SMILES string of the molecule is O=C(COc1ccc(Cl)c2ccccc12)NC1CCC(C(=O)O)CC1. The molecule has 132 valence electrons. The molecular weight excluding hydrogens is 342 g/mol. The summed E-state index contributed by atoms with van der Waals surface area (Å²) < 4.78 is 5.67. The number of carbonyl (C=O) groups is 2. The van der Waals surface area contributed by atoms with Crippen LogP contribution in [-0.2, 0) is 9.59 Å². The number of hydrogen-bond donors (Lipinski definition) is 2. The quantitative estimate of drug-likeness (QED) is 0.852. The molecule has 1 aliphatic carbocycles. The van der Waals surface area contributed by atoms with Gasteiger partial charge in [0.25, 0.3) is 5.91 Å². The normalized spacial score (nSPS) is 20.2. The number of rotatable bonds is 5. The van der Waals surface area contributed by atoms with Gasteiger partial charge >= 0.3 is 5.97 Å². The molecule has 0 saturated heterocycles. The van der Waals surface area contributed by atoms with Crippen LogP contribution in [0.3, 0.4) is 0 Å². The molecule has 2 N–H and O–H groups in total. The summed E-state index contributed by atoms with van der Waals surface area (Å²) >= 11 is 6.18. The molecule has 0 spiro atoms. The topological polar surface area (TPSA) is 75.6 Å². The van der Waals surface area contributed by atoms with Gasteiger partial charge in [-0.05, 0) is 37.8 Å². The number of ether oxygens (including phenoxy) is 1. The summed E-state index contributed by atoms with van der Waals surface area (Å²) in [7, 11) is 0. The molecule has 0 unspecified atom stereocenters. The van der Waals surface area contributed by atoms with E-state index in [1.807, 2.05) is 24.3 Å². The molecule has 1 aliphatic rings. The zero-order valence-electron chi connectivity index (χ0n) is 13.7. The Balaban J connectivity index is 1.55. The Morgan fingerprint density at radius 1 is 1.08 bits per heavy atom. The van der Waals surface area contributed by atoms with E-state index in [2.05, 4.69) is 5.32 Å². The standard InChI is InChI=1S/C19H20ClNO4/c20-16-9-10-17(15-4-2-1-3-14(15)16)25-11-18(22)21-13-7-5-12(6-8-13)19(23)24/h1-4,9-10,12-13H,5-8,11H2,(H,21,22)(H,23,24). The van der Waals surface area contributed by atoms with E-state index in [1.165, 1.54) is 0 Å². The van der Waals surface area contributed by atoms with E-state index in [4.69, 9.17) is 21.4 Å². The van der Waals surface area contributed by atoms with Crippen LogP contribution in [-0.4, -0.2) is 29.6 Å². The first-order valence-corrected chi connectivity index (χ1v) is 8.74. The number of amides is 1. The van der Waals surface area contributed by atoms with Gasteiger partial charge in [0, 0.05) is 21.8 Å². The number of hydrogen-bond acceptors (Lipinski definition) is 3. The van der Waals surface area contributed by atoms with Gasteiger partial charge in [0.15, 0.2) is 6.61 Å². The van der Waals surface area contributed by atoms with E-state index in [9.17, 15) is 9.59 Å². The molecule has 0 aliphatic heterocycles. The van der Waals surface area contributed by atoms with Gasteiger partial charge in [0.1, 0.15) is 5.75 Å². The lowest BCUT2D eigenvalue weighted by Gasteiger charge is -2.26. The maximum Gasteiger partial charge on any atom is 0.306 e. The highest BCUT2D eigenvalue weighted by Crippen LogP contribution is 2.31. The predicted molar refractivity (Wildman–Crippen MR) is 96.0 cm³/mol. The van der Waals surface area contributed by atoms with E-state index in [1.54, 1.807) is 12.1 Å². The van der Waals surface area contributed by atoms with Gasteiger partial charge in [-0.25, -0.2) is 0 Å². The Kier molecular flexibility index (Phi) is 5.43. The van der Waals surface area contributed by atoms with Crippen molar-refractivity contribution in [2.75, 3.05) is 6.61 Å². The number of carboxylic acid groups (broad SMARTS) is 1. The molecule has 2 aromatic carbocycles. The zero-order valence-corrected chi connectivity index (χ0v) is 14.5. The predicted octanol–water partition coefficient (Wildman–Crippen LogP) is 3.63. The smallest absolute Gasteiger partial charge is 0.306 e. The lowest BCUT2D eigenvalue weighted by molar-refractivity contribution is -0.142. The lowest BCUT2D eigenvalue weighted by Crippen LogP contribution is -2.40. The third kappa shape index (κ3) is 4.23. The number of benzene rings is 2. The molecule has 25 heavy (non-hydrogen) atoms. The Morgan fingerprint density at radius 2 is 1.76 bits per heavy atom. The Labute approximate surface area is 150 Å². The van der Waals surface area contributed by atoms with Crippen molar-refractivity contribution >= 4 is 34.2 Å². The molecular formula is C19H20ClNO4. The van der Waals surface area contributed by atoms with Gasteiger partial charge in [-0.2, -0.15) is 0 Å². The number of halogens is 1. The fourth-order valence-corrected chi connectivity index (χ4v) is 3.49. The number of fused-ring (bicyclic) bond motifs is 1. The Bertz CT molecular complexity index is 784. The van der Waals surface area contributed by atoms with Gasteiger partial charge in [-0.15, -0.1) is 0 Å². The maximum atomic E-state index is 12.1. The van der Waals surface area contributed by atoms with Crippen LogP contribution in [0.4, 0.5) is 0 Å². The molecule has 2 aromatic rings. The summed E-state index contributed by atoms with van der Waals surface area (Å²) in [5.74, 6) is -0.616. The monoisotopic (exact) mass is 361 g/mol. The van der Waals surface area contributed by atoms with E-state index in [-0.39, 0.29) is 24.5 Å². The van der Waals surface area contributed by atoms with Crippen molar-refractivity contribution in [3.05, 3.63) is 41.4 Å². The molecule has 3 rings (SSSR count). The minimum atomic E-state index is -0.747. The van der Waals surface area contributed by atoms with Crippen molar-refractivity contribution in [1.82, 2.24) is 5.32 Å². The molecule has 1 fully saturated rings. The summed E-state index contributed by atoms with van der Waals surface area (Å²) in [5, 5.41) is 14.3. The van der Waals surface area contributed by atoms with Crippen LogP contribution in [0.2, 0.25) is 5.02 Å². The number of carbonyl (C=O) groups excluding carboxylic acids is 1. The third-order valence-corrected chi connectivity index (χ3v) is 4.96. The first-order chi connectivity index (χ1) is 12.0. The van der Waals surface area contributed by atoms with Crippen LogP contribution in [0.5, 0.6) is 5.75 Å². The van der Waals surface area contributed by atoms with E-state index < -0.39 is 5.97 Å². The van der Waals surface area contributed by atoms with Crippen LogP contribution in [0, 0.1) is 5.92 Å². The van der Waals surface area contributed by atoms with Crippen molar-refractivity contribution in [2.45, 2.75) is 31.7 Å². The second-order valence-corrected chi connectivity index (χ2v) is 6.74. The van der Waals surface area contributed by atoms with E-state index >= 15 is 0 Å². The van der Waals surface area contributed by atoms with Crippen LogP contribution in [0.1, 0.15) is 25.7 Å². The largest absolute Gasteiger partial charge is 0.483 e. The molecule has 0 atom stereocenters. The van der Waals surface area contributed by atoms with Crippen LogP contribution in [0.25, 0.3) is 10.8 Å². The average molecular weight is 362 g/mol. The van der Waals surface area contributed by atoms with Crippen molar-refractivity contribution < 1.29 is 19.4 Å². The summed E-state index contributed by atoms with van der Waals surface area (Å²) in [6.07, 6.45) is 2.57. The van der Waals surface area contributed by atoms with Crippen molar-refractivity contribution in [3.8, 4) is 5.75 Å². The van der Waals surface area contributed by atoms with Gasteiger partial charge in [0.2, 0.25) is 0 Å². The number of nitrogens with one attached hydrogen (secondary N) is 1. The van der Waals surface area contributed by atoms with Crippen LogP contribution < -0.4 is 10.1 Å². The lowest BCUT2D eigenvalue weighted by atomic mass is 9.86. The van der Waals surface area contributed by atoms with Gasteiger partial charge < -0.3 is 15.2 Å². The minimum Gasteiger partial charge on any atom is -0.483 e. The fourth-order valence-electron chi connectivity index (χ4n) is 3.26. The van der Waals surface area contributed by atoms with Gasteiger partial charge in [0.05, 0.1) is 5.92 Å². The van der Waals surface area contributed by atoms with Crippen LogP contribution in [0.15, 0.2) is 36.4 Å². The number of carboxylic acids is 1. The summed E-state index contributed by atoms with van der Waals surface area (Å²) in [6, 6.07) is 11.1. The van der Waals surface area contributed by atoms with Crippen molar-refractivity contribution in [1.29, 1.82) is 0 Å². The summed E-state index contributed by atoms with van der Waals surface area (Å²) in [4.78, 5) is 23.1. The van der Waals surface area contributed by atoms with Crippen molar-refractivity contribution in [3.63, 3.8) is 0 Å². The summed E-state index contributed by atoms with van der Waals surface area (Å²) in [5.41, 5.74) is 0. The molecule has 1 amide bonds. The molecule has 6 heteroatoms. The van der Waals surface area contributed by atoms with Gasteiger partial charge in [-0.1, -0.05) is 35.9 Å². The third-order valence-electron chi connectivity index (χ3n) is 4.63. The maximum absolute atomic E-state index is 12.1. The average Bonchev–Trinajstić information content (AvgIpc) is 2.62. The van der Waals surface area contributed by atoms with E-state index in [0.717, 1.165) is 10.8 Å². The Morgan fingerprint density at radius 3 is 2.44 bits per heavy atom. The molecule has 1 saturated carbocycles. The first kappa shape index (κ1) is 17.5. The van der Waals surface area contributed by atoms with E-state index in [0.29, 0.717) is 36.5 Å². The molecule has 0 heterocycles. The second-order valence-electron chi connectivity index (χ2n) is 6.33. The second kappa shape index (κ2) is 7.74. The molecule has 0 aromatic heterocycles. The minimum absolute atomic E-state index is 0.0219. The van der Waals surface area contributed by atoms with Gasteiger partial charge in [-0.3, -0.25) is 9.59 Å². The molecule has 5 nitrogen and oxygen atoms in total. The van der Waals surface area contributed by atoms with Crippen LogP contribution >= 0.6 is 11.6 Å². The zero-order chi connectivity index (χ0) is 17.8. The highest BCUT2D eigenvalue weighted by atomic mass is 35.5. The Hall–Kier alpha value is -2.27.